The van der Waals surface area contributed by atoms with Gasteiger partial charge in [-0.25, -0.2) is 13.4 Å². The lowest BCUT2D eigenvalue weighted by molar-refractivity contribution is -0.385. The van der Waals surface area contributed by atoms with Gasteiger partial charge in [0.15, 0.2) is 9.84 Å². The zero-order valence-electron chi connectivity index (χ0n) is 14.7. The summed E-state index contributed by atoms with van der Waals surface area (Å²) in [5.41, 5.74) is -0.0926. The molecule has 0 atom stereocenters. The Bertz CT molecular complexity index is 972. The molecule has 2 aromatic rings. The van der Waals surface area contributed by atoms with E-state index in [0.29, 0.717) is 37.0 Å². The Morgan fingerprint density at radius 3 is 2.29 bits per heavy atom. The molecule has 1 fully saturated rings. The van der Waals surface area contributed by atoms with E-state index in [0.717, 1.165) is 0 Å². The number of sulfone groups is 1. The van der Waals surface area contributed by atoms with Crippen LogP contribution < -0.4 is 4.90 Å². The van der Waals surface area contributed by atoms with Gasteiger partial charge in [0.1, 0.15) is 17.8 Å². The van der Waals surface area contributed by atoms with E-state index < -0.39 is 26.4 Å². The molecule has 0 spiro atoms. The normalized spacial score (nSPS) is 14.8. The number of hydrogen-bond donors (Lipinski definition) is 0. The van der Waals surface area contributed by atoms with E-state index in [9.17, 15) is 23.3 Å². The molecule has 1 aliphatic heterocycles. The quantitative estimate of drug-likeness (QED) is 0.530. The van der Waals surface area contributed by atoms with Gasteiger partial charge in [-0.1, -0.05) is 11.6 Å². The van der Waals surface area contributed by atoms with Crippen LogP contribution in [0.25, 0.3) is 0 Å². The number of amides is 1. The number of halogens is 1. The fourth-order valence-electron chi connectivity index (χ4n) is 2.84. The lowest BCUT2D eigenvalue weighted by atomic mass is 10.3. The minimum atomic E-state index is -3.74. The molecule has 9 nitrogen and oxygen atoms in total. The molecular formula is C17H17ClN4O5S. The average Bonchev–Trinajstić information content (AvgIpc) is 2.68. The van der Waals surface area contributed by atoms with E-state index in [1.54, 1.807) is 6.07 Å². The zero-order valence-corrected chi connectivity index (χ0v) is 16.3. The van der Waals surface area contributed by atoms with Gasteiger partial charge in [0, 0.05) is 37.3 Å². The highest BCUT2D eigenvalue weighted by Crippen LogP contribution is 2.19. The fraction of sp³-hybridized carbons (Fsp3) is 0.294. The molecule has 0 radical (unpaired) electrons. The number of pyridine rings is 1. The summed E-state index contributed by atoms with van der Waals surface area (Å²) in [4.78, 5) is 30.1. The van der Waals surface area contributed by atoms with Crippen molar-refractivity contribution in [2.75, 3.05) is 36.8 Å². The van der Waals surface area contributed by atoms with E-state index in [2.05, 4.69) is 4.98 Å². The van der Waals surface area contributed by atoms with Gasteiger partial charge in [-0.15, -0.1) is 0 Å². The van der Waals surface area contributed by atoms with Crippen LogP contribution in [-0.2, 0) is 14.6 Å². The Morgan fingerprint density at radius 2 is 1.75 bits per heavy atom. The lowest BCUT2D eigenvalue weighted by Crippen LogP contribution is -2.50. The number of nitrogens with zero attached hydrogens (tertiary/aromatic N) is 4. The highest BCUT2D eigenvalue weighted by Gasteiger charge is 2.27. The number of anilines is 1. The van der Waals surface area contributed by atoms with Gasteiger partial charge in [-0.3, -0.25) is 14.9 Å². The van der Waals surface area contributed by atoms with Crippen LogP contribution in [0.15, 0.2) is 47.5 Å². The molecule has 1 saturated heterocycles. The van der Waals surface area contributed by atoms with Crippen molar-refractivity contribution in [3.8, 4) is 0 Å². The maximum atomic E-state index is 12.4. The fourth-order valence-corrected chi connectivity index (χ4v) is 4.19. The van der Waals surface area contributed by atoms with Crippen molar-refractivity contribution in [2.45, 2.75) is 4.90 Å². The molecule has 1 aliphatic rings. The number of hydrogen-bond acceptors (Lipinski definition) is 7. The Balaban J connectivity index is 1.59. The summed E-state index contributed by atoms with van der Waals surface area (Å²) in [6.07, 6.45) is 1.19. The van der Waals surface area contributed by atoms with Crippen molar-refractivity contribution in [1.29, 1.82) is 0 Å². The first-order chi connectivity index (χ1) is 13.3. The van der Waals surface area contributed by atoms with Crippen molar-refractivity contribution in [2.24, 2.45) is 0 Å². The Kier molecular flexibility index (Phi) is 5.80. The van der Waals surface area contributed by atoms with Crippen LogP contribution in [0.3, 0.4) is 0 Å². The molecule has 28 heavy (non-hydrogen) atoms. The highest BCUT2D eigenvalue weighted by atomic mass is 35.5. The third-order valence-electron chi connectivity index (χ3n) is 4.39. The number of rotatable bonds is 5. The Morgan fingerprint density at radius 1 is 1.11 bits per heavy atom. The first kappa shape index (κ1) is 20.0. The number of benzene rings is 1. The summed E-state index contributed by atoms with van der Waals surface area (Å²) in [5, 5.41) is 11.1. The van der Waals surface area contributed by atoms with Crippen LogP contribution in [-0.4, -0.2) is 61.1 Å². The van der Waals surface area contributed by atoms with E-state index in [1.165, 1.54) is 41.4 Å². The van der Waals surface area contributed by atoms with Crippen LogP contribution in [0.5, 0.6) is 0 Å². The predicted octanol–water partition coefficient (Wildman–Crippen LogP) is 1.77. The second kappa shape index (κ2) is 8.11. The second-order valence-corrected chi connectivity index (χ2v) is 8.64. The summed E-state index contributed by atoms with van der Waals surface area (Å²) in [5.74, 6) is -0.498. The molecule has 1 aromatic carbocycles. The van der Waals surface area contributed by atoms with Crippen LogP contribution >= 0.6 is 11.6 Å². The molecule has 148 valence electrons. The summed E-state index contributed by atoms with van der Waals surface area (Å²) in [6, 6.07) is 8.62. The molecule has 0 aliphatic carbocycles. The van der Waals surface area contributed by atoms with Crippen molar-refractivity contribution in [1.82, 2.24) is 9.88 Å². The zero-order chi connectivity index (χ0) is 20.3. The molecule has 1 amide bonds. The molecule has 1 aromatic heterocycles. The number of nitro groups is 1. The summed E-state index contributed by atoms with van der Waals surface area (Å²) in [6.45, 7) is 1.59. The topological polar surface area (TPSA) is 114 Å². The maximum Gasteiger partial charge on any atom is 0.287 e. The van der Waals surface area contributed by atoms with Gasteiger partial charge in [0.25, 0.3) is 5.69 Å². The van der Waals surface area contributed by atoms with Gasteiger partial charge < -0.3 is 9.80 Å². The molecule has 11 heteroatoms. The van der Waals surface area contributed by atoms with E-state index in [1.807, 2.05) is 4.90 Å². The summed E-state index contributed by atoms with van der Waals surface area (Å²) in [7, 11) is -3.74. The third-order valence-corrected chi connectivity index (χ3v) is 6.26. The van der Waals surface area contributed by atoms with E-state index in [4.69, 9.17) is 11.6 Å². The molecule has 0 unspecified atom stereocenters. The number of carbonyl (C=O) groups excluding carboxylic acids is 1. The van der Waals surface area contributed by atoms with Gasteiger partial charge in [-0.2, -0.15) is 0 Å². The van der Waals surface area contributed by atoms with Crippen LogP contribution in [0.1, 0.15) is 0 Å². The highest BCUT2D eigenvalue weighted by molar-refractivity contribution is 7.92. The monoisotopic (exact) mass is 424 g/mol. The Hall–Kier alpha value is -2.72. The largest absolute Gasteiger partial charge is 0.353 e. The Labute approximate surface area is 166 Å². The third kappa shape index (κ3) is 4.57. The summed E-state index contributed by atoms with van der Waals surface area (Å²) >= 11 is 5.76. The minimum absolute atomic E-state index is 0.0546. The SMILES string of the molecule is O=C(CS(=O)(=O)c1ccc(Cl)cc1)N1CCN(c2ccc([N+](=O)[O-])cn2)CC1. The van der Waals surface area contributed by atoms with Gasteiger partial charge >= 0.3 is 0 Å². The molecule has 0 bridgehead atoms. The second-order valence-electron chi connectivity index (χ2n) is 6.21. The maximum absolute atomic E-state index is 12.4. The van der Waals surface area contributed by atoms with Crippen LogP contribution in [0, 0.1) is 10.1 Å². The van der Waals surface area contributed by atoms with Crippen LogP contribution in [0.2, 0.25) is 5.02 Å². The molecule has 2 heterocycles. The number of piperazine rings is 1. The average molecular weight is 425 g/mol. The van der Waals surface area contributed by atoms with Crippen molar-refractivity contribution in [3.63, 3.8) is 0 Å². The molecule has 0 N–H and O–H groups in total. The lowest BCUT2D eigenvalue weighted by Gasteiger charge is -2.35. The van der Waals surface area contributed by atoms with Crippen molar-refractivity contribution < 1.29 is 18.1 Å². The standard InChI is InChI=1S/C17H17ClN4O5S/c18-13-1-4-15(5-2-13)28(26,27)12-17(23)21-9-7-20(8-10-21)16-6-3-14(11-19-16)22(24)25/h1-6,11H,7-10,12H2. The summed E-state index contributed by atoms with van der Waals surface area (Å²) < 4.78 is 24.8. The smallest absolute Gasteiger partial charge is 0.287 e. The first-order valence-corrected chi connectivity index (χ1v) is 10.4. The number of aromatic nitrogens is 1. The minimum Gasteiger partial charge on any atom is -0.353 e. The molecule has 0 saturated carbocycles. The predicted molar refractivity (Wildman–Crippen MR) is 103 cm³/mol. The van der Waals surface area contributed by atoms with E-state index in [-0.39, 0.29) is 10.6 Å². The van der Waals surface area contributed by atoms with Crippen LogP contribution in [0.4, 0.5) is 11.5 Å². The van der Waals surface area contributed by atoms with Gasteiger partial charge in [0.05, 0.1) is 9.82 Å². The van der Waals surface area contributed by atoms with E-state index >= 15 is 0 Å². The van der Waals surface area contributed by atoms with Gasteiger partial charge in [-0.05, 0) is 30.3 Å². The number of carbonyl (C=O) groups is 1. The van der Waals surface area contributed by atoms with Crippen molar-refractivity contribution in [3.05, 3.63) is 57.7 Å². The molecule has 3 rings (SSSR count). The molecular weight excluding hydrogens is 408 g/mol. The first-order valence-electron chi connectivity index (χ1n) is 8.38. The van der Waals surface area contributed by atoms with Crippen molar-refractivity contribution >= 4 is 38.9 Å². The van der Waals surface area contributed by atoms with Gasteiger partial charge in [0.2, 0.25) is 5.91 Å².